The monoisotopic (exact) mass is 251 g/mol. The minimum absolute atomic E-state index is 0.260. The summed E-state index contributed by atoms with van der Waals surface area (Å²) in [4.78, 5) is 3.42. The number of nitrogens with zero attached hydrogens (tertiary/aromatic N) is 2. The molecule has 0 spiro atoms. The number of nitriles is 1. The van der Waals surface area contributed by atoms with Crippen molar-refractivity contribution in [2.45, 2.75) is 32.4 Å². The Morgan fingerprint density at radius 1 is 1.65 bits per heavy atom. The van der Waals surface area contributed by atoms with Crippen molar-refractivity contribution >= 4 is 16.3 Å². The average molecular weight is 251 g/mol. The van der Waals surface area contributed by atoms with Crippen LogP contribution in [0.25, 0.3) is 0 Å². The summed E-state index contributed by atoms with van der Waals surface area (Å²) in [5.41, 5.74) is 7.62. The molecule has 3 N–H and O–H groups in total. The molecule has 92 valence electrons. The normalized spacial score (nSPS) is 17.5. The number of hydrogen-bond donors (Lipinski definition) is 2. The van der Waals surface area contributed by atoms with Crippen molar-refractivity contribution in [1.29, 1.82) is 5.26 Å². The van der Waals surface area contributed by atoms with E-state index in [0.29, 0.717) is 17.1 Å². The fraction of sp³-hybridized carbons (Fsp3) is 0.583. The van der Waals surface area contributed by atoms with Crippen molar-refractivity contribution in [2.75, 3.05) is 18.8 Å². The Kier molecular flexibility index (Phi) is 3.67. The molecule has 0 aromatic carbocycles. The maximum absolute atomic E-state index is 9.65. The van der Waals surface area contributed by atoms with Gasteiger partial charge in [0.25, 0.3) is 0 Å². The van der Waals surface area contributed by atoms with Gasteiger partial charge in [-0.1, -0.05) is 6.92 Å². The van der Waals surface area contributed by atoms with E-state index >= 15 is 0 Å². The molecule has 1 unspecified atom stereocenters. The maximum atomic E-state index is 9.65. The van der Waals surface area contributed by atoms with Crippen LogP contribution in [0.2, 0.25) is 0 Å². The fourth-order valence-corrected chi connectivity index (χ4v) is 3.29. The van der Waals surface area contributed by atoms with Crippen molar-refractivity contribution in [3.05, 3.63) is 16.0 Å². The lowest BCUT2D eigenvalue weighted by atomic mass is 10.0. The molecule has 0 radical (unpaired) electrons. The number of rotatable bonds is 3. The average Bonchev–Trinajstić information content (AvgIpc) is 2.63. The molecule has 0 saturated carbocycles. The van der Waals surface area contributed by atoms with E-state index in [0.717, 1.165) is 31.5 Å². The number of nitrogens with two attached hydrogens (primary N) is 1. The predicted molar refractivity (Wildman–Crippen MR) is 68.7 cm³/mol. The van der Waals surface area contributed by atoms with Crippen LogP contribution in [-0.4, -0.2) is 29.2 Å². The minimum atomic E-state index is -0.260. The van der Waals surface area contributed by atoms with Gasteiger partial charge in [-0.15, -0.1) is 11.3 Å². The highest BCUT2D eigenvalue weighted by atomic mass is 32.1. The molecule has 0 amide bonds. The molecule has 17 heavy (non-hydrogen) atoms. The van der Waals surface area contributed by atoms with E-state index in [9.17, 15) is 5.11 Å². The topological polar surface area (TPSA) is 73.3 Å². The molecule has 4 nitrogen and oxygen atoms in total. The summed E-state index contributed by atoms with van der Waals surface area (Å²) in [7, 11) is 0. The van der Waals surface area contributed by atoms with Crippen LogP contribution in [0.3, 0.4) is 0 Å². The number of anilines is 1. The standard InChI is InChI=1S/C12H17N3OS/c1-2-8(16)6-15-4-3-9-10(5-13)12(14)17-11(9)7-15/h8,16H,2-4,6-7,14H2,1H3. The Bertz CT molecular complexity index is 449. The summed E-state index contributed by atoms with van der Waals surface area (Å²) >= 11 is 1.51. The Hall–Kier alpha value is -1.09. The van der Waals surface area contributed by atoms with Gasteiger partial charge in [-0.3, -0.25) is 4.90 Å². The van der Waals surface area contributed by atoms with Gasteiger partial charge in [-0.05, 0) is 18.4 Å². The third-order valence-electron chi connectivity index (χ3n) is 3.22. The van der Waals surface area contributed by atoms with Crippen LogP contribution >= 0.6 is 11.3 Å². The van der Waals surface area contributed by atoms with Gasteiger partial charge in [0.1, 0.15) is 11.1 Å². The van der Waals surface area contributed by atoms with Crippen LogP contribution in [0.15, 0.2) is 0 Å². The van der Waals surface area contributed by atoms with Gasteiger partial charge in [0.2, 0.25) is 0 Å². The molecule has 1 aliphatic rings. The van der Waals surface area contributed by atoms with E-state index in [2.05, 4.69) is 11.0 Å². The van der Waals surface area contributed by atoms with Gasteiger partial charge in [0.05, 0.1) is 11.7 Å². The molecule has 1 atom stereocenters. The highest BCUT2D eigenvalue weighted by molar-refractivity contribution is 7.16. The molecule has 1 aromatic rings. The smallest absolute Gasteiger partial charge is 0.104 e. The summed E-state index contributed by atoms with van der Waals surface area (Å²) in [5.74, 6) is 0. The first-order chi connectivity index (χ1) is 8.15. The first-order valence-electron chi connectivity index (χ1n) is 5.86. The molecule has 0 aliphatic carbocycles. The lowest BCUT2D eigenvalue weighted by Gasteiger charge is -2.28. The van der Waals surface area contributed by atoms with E-state index in [1.165, 1.54) is 16.2 Å². The number of aliphatic hydroxyl groups is 1. The number of aliphatic hydroxyl groups excluding tert-OH is 1. The van der Waals surface area contributed by atoms with Gasteiger partial charge < -0.3 is 10.8 Å². The molecular formula is C12H17N3OS. The quantitative estimate of drug-likeness (QED) is 0.850. The Balaban J connectivity index is 2.12. The van der Waals surface area contributed by atoms with Crippen molar-refractivity contribution in [2.24, 2.45) is 0 Å². The zero-order valence-corrected chi connectivity index (χ0v) is 10.8. The minimum Gasteiger partial charge on any atom is -0.392 e. The number of nitrogen functional groups attached to an aromatic ring is 1. The summed E-state index contributed by atoms with van der Waals surface area (Å²) in [6.07, 6.45) is 1.38. The van der Waals surface area contributed by atoms with E-state index < -0.39 is 0 Å². The van der Waals surface area contributed by atoms with Crippen LogP contribution in [0, 0.1) is 11.3 Å². The molecule has 1 aromatic heterocycles. The summed E-state index contributed by atoms with van der Waals surface area (Å²) < 4.78 is 0. The number of hydrogen-bond acceptors (Lipinski definition) is 5. The summed E-state index contributed by atoms with van der Waals surface area (Å²) in [6.45, 7) is 4.39. The van der Waals surface area contributed by atoms with Crippen LogP contribution in [0.5, 0.6) is 0 Å². The maximum Gasteiger partial charge on any atom is 0.104 e. The predicted octanol–water partition coefficient (Wildman–Crippen LogP) is 1.33. The van der Waals surface area contributed by atoms with E-state index in [4.69, 9.17) is 11.0 Å². The zero-order chi connectivity index (χ0) is 12.4. The third kappa shape index (κ3) is 2.44. The Morgan fingerprint density at radius 2 is 2.41 bits per heavy atom. The van der Waals surface area contributed by atoms with Gasteiger partial charge in [0.15, 0.2) is 0 Å². The molecule has 0 saturated heterocycles. The Labute approximate surface area is 105 Å². The first kappa shape index (κ1) is 12.4. The van der Waals surface area contributed by atoms with Gasteiger partial charge in [-0.2, -0.15) is 5.26 Å². The second-order valence-corrected chi connectivity index (χ2v) is 5.54. The lowest BCUT2D eigenvalue weighted by Crippen LogP contribution is -2.36. The van der Waals surface area contributed by atoms with Crippen LogP contribution in [0.4, 0.5) is 5.00 Å². The zero-order valence-electron chi connectivity index (χ0n) is 9.94. The molecule has 5 heteroatoms. The second-order valence-electron chi connectivity index (χ2n) is 4.40. The van der Waals surface area contributed by atoms with Crippen molar-refractivity contribution < 1.29 is 5.11 Å². The highest BCUT2D eigenvalue weighted by Gasteiger charge is 2.24. The van der Waals surface area contributed by atoms with Crippen LogP contribution in [-0.2, 0) is 13.0 Å². The van der Waals surface area contributed by atoms with Crippen molar-refractivity contribution in [3.8, 4) is 6.07 Å². The molecular weight excluding hydrogens is 234 g/mol. The van der Waals surface area contributed by atoms with Crippen LogP contribution in [0.1, 0.15) is 29.3 Å². The van der Waals surface area contributed by atoms with Crippen molar-refractivity contribution in [3.63, 3.8) is 0 Å². The molecule has 2 heterocycles. The van der Waals surface area contributed by atoms with E-state index in [1.807, 2.05) is 6.92 Å². The molecule has 1 aliphatic heterocycles. The lowest BCUT2D eigenvalue weighted by molar-refractivity contribution is 0.103. The van der Waals surface area contributed by atoms with Gasteiger partial charge >= 0.3 is 0 Å². The fourth-order valence-electron chi connectivity index (χ4n) is 2.18. The third-order valence-corrected chi connectivity index (χ3v) is 4.26. The molecule has 0 bridgehead atoms. The van der Waals surface area contributed by atoms with Gasteiger partial charge in [0, 0.05) is 24.5 Å². The van der Waals surface area contributed by atoms with E-state index in [1.54, 1.807) is 0 Å². The van der Waals surface area contributed by atoms with Gasteiger partial charge in [-0.25, -0.2) is 0 Å². The molecule has 2 rings (SSSR count). The van der Waals surface area contributed by atoms with Crippen molar-refractivity contribution in [1.82, 2.24) is 4.90 Å². The SMILES string of the molecule is CCC(O)CN1CCc2c(sc(N)c2C#N)C1. The number of β-amino-alcohol motifs (C(OH)–C–C–N with tert-alkyl or cyclic N) is 1. The second kappa shape index (κ2) is 5.05. The number of fused-ring (bicyclic) bond motifs is 1. The summed E-state index contributed by atoms with van der Waals surface area (Å²) in [6, 6.07) is 2.19. The highest BCUT2D eigenvalue weighted by Crippen LogP contribution is 2.34. The van der Waals surface area contributed by atoms with Crippen LogP contribution < -0.4 is 5.73 Å². The largest absolute Gasteiger partial charge is 0.392 e. The summed E-state index contributed by atoms with van der Waals surface area (Å²) in [5, 5.41) is 19.3. The Morgan fingerprint density at radius 3 is 3.06 bits per heavy atom. The number of thiophene rings is 1. The first-order valence-corrected chi connectivity index (χ1v) is 6.67. The van der Waals surface area contributed by atoms with E-state index in [-0.39, 0.29) is 6.10 Å². The molecule has 0 fully saturated rings.